The number of nitrogens with two attached hydrogens (primary N) is 1. The first-order valence-corrected chi connectivity index (χ1v) is 7.69. The first kappa shape index (κ1) is 13.9. The number of sulfone groups is 1. The van der Waals surface area contributed by atoms with Crippen molar-refractivity contribution < 1.29 is 8.42 Å². The van der Waals surface area contributed by atoms with Crippen LogP contribution in [-0.2, 0) is 9.84 Å². The third kappa shape index (κ3) is 4.03. The summed E-state index contributed by atoms with van der Waals surface area (Å²) in [6.07, 6.45) is 1.77. The molecule has 4 nitrogen and oxygen atoms in total. The van der Waals surface area contributed by atoms with E-state index in [9.17, 15) is 8.42 Å². The maximum atomic E-state index is 11.5. The minimum absolute atomic E-state index is 0.0515. The quantitative estimate of drug-likeness (QED) is 0.786. The first-order valence-electron chi connectivity index (χ1n) is 5.86. The maximum absolute atomic E-state index is 11.5. The SMILES string of the molecule is CN(CC(C)(C)CN)C1CCCS(=O)(=O)C1. The van der Waals surface area contributed by atoms with Gasteiger partial charge in [0.05, 0.1) is 11.5 Å². The summed E-state index contributed by atoms with van der Waals surface area (Å²) < 4.78 is 23.1. The molecule has 1 fully saturated rings. The molecule has 0 spiro atoms. The lowest BCUT2D eigenvalue weighted by atomic mass is 9.92. The summed E-state index contributed by atoms with van der Waals surface area (Å²) in [5, 5.41) is 0. The van der Waals surface area contributed by atoms with Gasteiger partial charge in [0.2, 0.25) is 0 Å². The molecule has 1 unspecified atom stereocenters. The summed E-state index contributed by atoms with van der Waals surface area (Å²) in [5.74, 6) is 0.668. The molecule has 0 aromatic heterocycles. The van der Waals surface area contributed by atoms with Crippen molar-refractivity contribution in [3.8, 4) is 0 Å². The highest BCUT2D eigenvalue weighted by atomic mass is 32.2. The average Bonchev–Trinajstić information content (AvgIpc) is 2.15. The molecule has 1 rings (SSSR count). The largest absolute Gasteiger partial charge is 0.330 e. The van der Waals surface area contributed by atoms with Gasteiger partial charge >= 0.3 is 0 Å². The summed E-state index contributed by atoms with van der Waals surface area (Å²) in [6.45, 7) is 5.70. The summed E-state index contributed by atoms with van der Waals surface area (Å²) in [5.41, 5.74) is 5.74. The van der Waals surface area contributed by atoms with E-state index < -0.39 is 9.84 Å². The van der Waals surface area contributed by atoms with Crippen molar-refractivity contribution in [3.63, 3.8) is 0 Å². The van der Waals surface area contributed by atoms with Gasteiger partial charge in [0.25, 0.3) is 0 Å². The van der Waals surface area contributed by atoms with Gasteiger partial charge < -0.3 is 10.6 Å². The second-order valence-corrected chi connectivity index (χ2v) is 7.92. The Morgan fingerprint density at radius 3 is 2.56 bits per heavy atom. The van der Waals surface area contributed by atoms with Crippen LogP contribution < -0.4 is 5.73 Å². The predicted molar refractivity (Wildman–Crippen MR) is 67.1 cm³/mol. The molecule has 16 heavy (non-hydrogen) atoms. The smallest absolute Gasteiger partial charge is 0.151 e. The van der Waals surface area contributed by atoms with E-state index in [4.69, 9.17) is 5.73 Å². The zero-order valence-electron chi connectivity index (χ0n) is 10.6. The van der Waals surface area contributed by atoms with Crippen molar-refractivity contribution in [3.05, 3.63) is 0 Å². The van der Waals surface area contributed by atoms with Crippen LogP contribution in [0.5, 0.6) is 0 Å². The summed E-state index contributed by atoms with van der Waals surface area (Å²) in [6, 6.07) is 0.171. The number of rotatable bonds is 4. The van der Waals surface area contributed by atoms with Crippen molar-refractivity contribution in [2.24, 2.45) is 11.1 Å². The Hall–Kier alpha value is -0.130. The predicted octanol–water partition coefficient (Wildman–Crippen LogP) is 0.480. The van der Waals surface area contributed by atoms with E-state index in [1.807, 2.05) is 7.05 Å². The number of nitrogens with zero attached hydrogens (tertiary/aromatic N) is 1. The van der Waals surface area contributed by atoms with E-state index in [2.05, 4.69) is 18.7 Å². The maximum Gasteiger partial charge on any atom is 0.151 e. The Labute approximate surface area is 99.1 Å². The van der Waals surface area contributed by atoms with Gasteiger partial charge in [0, 0.05) is 12.6 Å². The average molecular weight is 248 g/mol. The molecule has 0 aromatic rings. The second-order valence-electron chi connectivity index (χ2n) is 5.69. The molecule has 5 heteroatoms. The Balaban J connectivity index is 2.57. The monoisotopic (exact) mass is 248 g/mol. The van der Waals surface area contributed by atoms with Gasteiger partial charge in [-0.25, -0.2) is 8.42 Å². The highest BCUT2D eigenvalue weighted by molar-refractivity contribution is 7.91. The summed E-state index contributed by atoms with van der Waals surface area (Å²) >= 11 is 0. The van der Waals surface area contributed by atoms with Gasteiger partial charge in [0.15, 0.2) is 9.84 Å². The van der Waals surface area contributed by atoms with Crippen molar-refractivity contribution in [1.82, 2.24) is 4.90 Å². The van der Waals surface area contributed by atoms with E-state index in [0.717, 1.165) is 19.4 Å². The molecule has 0 aliphatic carbocycles. The third-order valence-electron chi connectivity index (χ3n) is 3.29. The Morgan fingerprint density at radius 2 is 2.06 bits per heavy atom. The van der Waals surface area contributed by atoms with Gasteiger partial charge in [-0.2, -0.15) is 0 Å². The zero-order valence-corrected chi connectivity index (χ0v) is 11.4. The molecule has 0 bridgehead atoms. The van der Waals surface area contributed by atoms with Gasteiger partial charge in [-0.05, 0) is 31.8 Å². The fourth-order valence-corrected chi connectivity index (χ4v) is 4.00. The minimum Gasteiger partial charge on any atom is -0.330 e. The van der Waals surface area contributed by atoms with Crippen LogP contribution in [0.15, 0.2) is 0 Å². The Kier molecular flexibility index (Phi) is 4.37. The zero-order chi connectivity index (χ0) is 12.4. The van der Waals surface area contributed by atoms with Crippen LogP contribution in [0.2, 0.25) is 0 Å². The van der Waals surface area contributed by atoms with E-state index in [0.29, 0.717) is 18.1 Å². The van der Waals surface area contributed by atoms with E-state index in [-0.39, 0.29) is 11.5 Å². The minimum atomic E-state index is -2.81. The Morgan fingerprint density at radius 1 is 1.44 bits per heavy atom. The third-order valence-corrected chi connectivity index (χ3v) is 5.10. The van der Waals surface area contributed by atoms with Crippen LogP contribution in [0.3, 0.4) is 0 Å². The van der Waals surface area contributed by atoms with E-state index in [1.165, 1.54) is 0 Å². The molecule has 0 aromatic carbocycles. The molecule has 1 heterocycles. The fourth-order valence-electron chi connectivity index (χ4n) is 2.22. The lowest BCUT2D eigenvalue weighted by Gasteiger charge is -2.36. The van der Waals surface area contributed by atoms with Crippen molar-refractivity contribution in [2.75, 3.05) is 31.6 Å². The molecule has 1 aliphatic heterocycles. The standard InChI is InChI=1S/C11H24N2O2S/c1-11(2,8-12)9-13(3)10-5-4-6-16(14,15)7-10/h10H,4-9,12H2,1-3H3. The normalized spacial score (nSPS) is 25.9. The van der Waals surface area contributed by atoms with Crippen molar-refractivity contribution in [2.45, 2.75) is 32.7 Å². The summed E-state index contributed by atoms with van der Waals surface area (Å²) in [4.78, 5) is 2.16. The summed E-state index contributed by atoms with van der Waals surface area (Å²) in [7, 11) is -0.809. The van der Waals surface area contributed by atoms with Crippen molar-refractivity contribution >= 4 is 9.84 Å². The molecule has 0 saturated carbocycles. The molecular weight excluding hydrogens is 224 g/mol. The highest BCUT2D eigenvalue weighted by Gasteiger charge is 2.29. The van der Waals surface area contributed by atoms with Crippen LogP contribution in [0.4, 0.5) is 0 Å². The topological polar surface area (TPSA) is 63.4 Å². The van der Waals surface area contributed by atoms with E-state index in [1.54, 1.807) is 0 Å². The van der Waals surface area contributed by atoms with Crippen LogP contribution in [0.1, 0.15) is 26.7 Å². The second kappa shape index (κ2) is 5.02. The van der Waals surface area contributed by atoms with Gasteiger partial charge in [-0.15, -0.1) is 0 Å². The number of hydrogen-bond donors (Lipinski definition) is 1. The Bertz CT molecular complexity index is 325. The van der Waals surface area contributed by atoms with Gasteiger partial charge in [-0.3, -0.25) is 0 Å². The fraction of sp³-hybridized carbons (Fsp3) is 1.00. The molecule has 0 radical (unpaired) electrons. The van der Waals surface area contributed by atoms with Gasteiger partial charge in [0.1, 0.15) is 0 Å². The molecule has 1 atom stereocenters. The molecule has 2 N–H and O–H groups in total. The molecule has 1 saturated heterocycles. The first-order chi connectivity index (χ1) is 7.26. The lowest BCUT2D eigenvalue weighted by Crippen LogP contribution is -2.46. The highest BCUT2D eigenvalue weighted by Crippen LogP contribution is 2.21. The number of hydrogen-bond acceptors (Lipinski definition) is 4. The van der Waals surface area contributed by atoms with Crippen LogP contribution in [0, 0.1) is 5.41 Å². The molecule has 96 valence electrons. The van der Waals surface area contributed by atoms with Gasteiger partial charge in [-0.1, -0.05) is 13.8 Å². The molecular formula is C11H24N2O2S. The van der Waals surface area contributed by atoms with Crippen LogP contribution in [0.25, 0.3) is 0 Å². The van der Waals surface area contributed by atoms with Crippen LogP contribution in [-0.4, -0.2) is 51.0 Å². The molecule has 0 amide bonds. The van der Waals surface area contributed by atoms with E-state index >= 15 is 0 Å². The molecule has 1 aliphatic rings. The van der Waals surface area contributed by atoms with Crippen molar-refractivity contribution in [1.29, 1.82) is 0 Å². The van der Waals surface area contributed by atoms with Crippen LogP contribution >= 0.6 is 0 Å². The lowest BCUT2D eigenvalue weighted by molar-refractivity contribution is 0.166.